The maximum Gasteiger partial charge on any atom is 0.227 e. The molecule has 0 bridgehead atoms. The smallest absolute Gasteiger partial charge is 0.227 e. The average Bonchev–Trinajstić information content (AvgIpc) is 2.80. The van der Waals surface area contributed by atoms with E-state index >= 15 is 0 Å². The summed E-state index contributed by atoms with van der Waals surface area (Å²) in [6.07, 6.45) is 3.73. The molecule has 0 aliphatic carbocycles. The summed E-state index contributed by atoms with van der Waals surface area (Å²) in [5.41, 5.74) is -0.243. The minimum atomic E-state index is -0.243. The third-order valence-electron chi connectivity index (χ3n) is 3.80. The van der Waals surface area contributed by atoms with Gasteiger partial charge in [0.15, 0.2) is 0 Å². The van der Waals surface area contributed by atoms with Gasteiger partial charge in [-0.05, 0) is 32.6 Å². The largest absolute Gasteiger partial charge is 0.395 e. The standard InChI is InChI=1S/C12H24N2O2S/c1-4-12(5-6-13-8-12)11(16)14-9(2)10(7-15)17-3/h9-10,13,15H,4-8H2,1-3H3,(H,14,16). The van der Waals surface area contributed by atoms with Gasteiger partial charge >= 0.3 is 0 Å². The number of thioether (sulfide) groups is 1. The molecule has 0 aromatic heterocycles. The number of hydrogen-bond donors (Lipinski definition) is 3. The molecule has 0 aromatic carbocycles. The monoisotopic (exact) mass is 260 g/mol. The lowest BCUT2D eigenvalue weighted by atomic mass is 9.83. The molecule has 1 heterocycles. The van der Waals surface area contributed by atoms with E-state index in [-0.39, 0.29) is 29.2 Å². The zero-order valence-corrected chi connectivity index (χ0v) is 11.8. The van der Waals surface area contributed by atoms with E-state index in [4.69, 9.17) is 0 Å². The van der Waals surface area contributed by atoms with Crippen LogP contribution in [0.25, 0.3) is 0 Å². The summed E-state index contributed by atoms with van der Waals surface area (Å²) in [6, 6.07) is 0.00604. The van der Waals surface area contributed by atoms with Crippen molar-refractivity contribution in [2.24, 2.45) is 5.41 Å². The van der Waals surface area contributed by atoms with Crippen LogP contribution in [-0.4, -0.2) is 48.3 Å². The van der Waals surface area contributed by atoms with Gasteiger partial charge in [0.05, 0.1) is 12.0 Å². The molecule has 3 atom stereocenters. The minimum absolute atomic E-state index is 0.00604. The summed E-state index contributed by atoms with van der Waals surface area (Å²) in [5.74, 6) is 0.130. The van der Waals surface area contributed by atoms with Crippen molar-refractivity contribution in [3.8, 4) is 0 Å². The van der Waals surface area contributed by atoms with Crippen LogP contribution in [0.5, 0.6) is 0 Å². The summed E-state index contributed by atoms with van der Waals surface area (Å²) in [6.45, 7) is 5.81. The van der Waals surface area contributed by atoms with Crippen molar-refractivity contribution < 1.29 is 9.90 Å². The van der Waals surface area contributed by atoms with Crippen LogP contribution in [0.1, 0.15) is 26.7 Å². The first-order chi connectivity index (χ1) is 8.09. The molecule has 1 amide bonds. The van der Waals surface area contributed by atoms with Gasteiger partial charge < -0.3 is 15.7 Å². The normalized spacial score (nSPS) is 27.8. The summed E-state index contributed by atoms with van der Waals surface area (Å²) >= 11 is 1.59. The van der Waals surface area contributed by atoms with Crippen molar-refractivity contribution >= 4 is 17.7 Å². The number of nitrogens with one attached hydrogen (secondary N) is 2. The highest BCUT2D eigenvalue weighted by molar-refractivity contribution is 7.99. The van der Waals surface area contributed by atoms with Gasteiger partial charge in [-0.25, -0.2) is 0 Å². The van der Waals surface area contributed by atoms with Crippen molar-refractivity contribution in [1.82, 2.24) is 10.6 Å². The van der Waals surface area contributed by atoms with Gasteiger partial charge in [-0.3, -0.25) is 4.79 Å². The maximum absolute atomic E-state index is 12.3. The summed E-state index contributed by atoms with van der Waals surface area (Å²) in [4.78, 5) is 12.3. The van der Waals surface area contributed by atoms with Crippen molar-refractivity contribution in [1.29, 1.82) is 0 Å². The molecule has 1 aliphatic heterocycles. The lowest BCUT2D eigenvalue weighted by Crippen LogP contribution is -2.49. The number of hydrogen-bond acceptors (Lipinski definition) is 4. The van der Waals surface area contributed by atoms with Gasteiger partial charge in [0.25, 0.3) is 0 Å². The molecular weight excluding hydrogens is 236 g/mol. The van der Waals surface area contributed by atoms with Gasteiger partial charge in [-0.1, -0.05) is 6.92 Å². The van der Waals surface area contributed by atoms with Gasteiger partial charge in [-0.15, -0.1) is 0 Å². The third kappa shape index (κ3) is 3.36. The molecular formula is C12H24N2O2S. The lowest BCUT2D eigenvalue weighted by molar-refractivity contribution is -0.131. The summed E-state index contributed by atoms with van der Waals surface area (Å²) in [5, 5.41) is 15.6. The quantitative estimate of drug-likeness (QED) is 0.655. The number of rotatable bonds is 6. The van der Waals surface area contributed by atoms with E-state index in [9.17, 15) is 9.90 Å². The van der Waals surface area contributed by atoms with Crippen LogP contribution in [0, 0.1) is 5.41 Å². The summed E-state index contributed by atoms with van der Waals surface area (Å²) < 4.78 is 0. The van der Waals surface area contributed by atoms with Gasteiger partial charge in [0, 0.05) is 17.8 Å². The second kappa shape index (κ2) is 6.61. The Morgan fingerprint density at radius 2 is 2.35 bits per heavy atom. The number of carbonyl (C=O) groups excluding carboxylic acids is 1. The predicted molar refractivity (Wildman–Crippen MR) is 72.2 cm³/mol. The molecule has 4 nitrogen and oxygen atoms in total. The second-order valence-corrected chi connectivity index (χ2v) is 5.86. The predicted octanol–water partition coefficient (Wildman–Crippen LogP) is 0.605. The highest BCUT2D eigenvalue weighted by Gasteiger charge is 2.40. The third-order valence-corrected chi connectivity index (χ3v) is 4.96. The van der Waals surface area contributed by atoms with Crippen LogP contribution >= 0.6 is 11.8 Å². The molecule has 0 spiro atoms. The number of aliphatic hydroxyl groups excluding tert-OH is 1. The Hall–Kier alpha value is -0.260. The Morgan fingerprint density at radius 3 is 2.76 bits per heavy atom. The molecule has 1 fully saturated rings. The van der Waals surface area contributed by atoms with E-state index in [2.05, 4.69) is 17.6 Å². The fourth-order valence-corrected chi connectivity index (χ4v) is 2.91. The molecule has 0 aromatic rings. The first-order valence-electron chi connectivity index (χ1n) is 6.25. The molecule has 0 radical (unpaired) electrons. The number of aliphatic hydroxyl groups is 1. The average molecular weight is 260 g/mol. The molecule has 1 rings (SSSR count). The topological polar surface area (TPSA) is 61.4 Å². The molecule has 0 saturated carbocycles. The van der Waals surface area contributed by atoms with Crippen LogP contribution in [-0.2, 0) is 4.79 Å². The first-order valence-corrected chi connectivity index (χ1v) is 7.53. The van der Waals surface area contributed by atoms with Crippen LogP contribution in [0.3, 0.4) is 0 Å². The molecule has 100 valence electrons. The molecule has 5 heteroatoms. The Labute approximate surface area is 108 Å². The van der Waals surface area contributed by atoms with Crippen LogP contribution in [0.15, 0.2) is 0 Å². The summed E-state index contributed by atoms with van der Waals surface area (Å²) in [7, 11) is 0. The van der Waals surface area contributed by atoms with E-state index in [0.29, 0.717) is 0 Å². The SMILES string of the molecule is CCC1(C(=O)NC(C)C(CO)SC)CCNC1. The van der Waals surface area contributed by atoms with Crippen molar-refractivity contribution in [2.45, 2.75) is 38.0 Å². The van der Waals surface area contributed by atoms with E-state index in [1.54, 1.807) is 11.8 Å². The van der Waals surface area contributed by atoms with Crippen LogP contribution < -0.4 is 10.6 Å². The zero-order chi connectivity index (χ0) is 12.9. The van der Waals surface area contributed by atoms with E-state index in [1.165, 1.54) is 0 Å². The van der Waals surface area contributed by atoms with Crippen LogP contribution in [0.2, 0.25) is 0 Å². The fourth-order valence-electron chi connectivity index (χ4n) is 2.29. The van der Waals surface area contributed by atoms with Crippen molar-refractivity contribution in [2.75, 3.05) is 26.0 Å². The zero-order valence-electron chi connectivity index (χ0n) is 11.0. The highest BCUT2D eigenvalue weighted by atomic mass is 32.2. The van der Waals surface area contributed by atoms with Crippen molar-refractivity contribution in [3.63, 3.8) is 0 Å². The Balaban J connectivity index is 2.58. The minimum Gasteiger partial charge on any atom is -0.395 e. The molecule has 17 heavy (non-hydrogen) atoms. The molecule has 3 unspecified atom stereocenters. The van der Waals surface area contributed by atoms with E-state index in [0.717, 1.165) is 25.9 Å². The fraction of sp³-hybridized carbons (Fsp3) is 0.917. The van der Waals surface area contributed by atoms with Gasteiger partial charge in [-0.2, -0.15) is 11.8 Å². The Bertz CT molecular complexity index is 251. The maximum atomic E-state index is 12.3. The van der Waals surface area contributed by atoms with Gasteiger partial charge in [0.1, 0.15) is 0 Å². The first kappa shape index (κ1) is 14.8. The lowest BCUT2D eigenvalue weighted by Gasteiger charge is -2.29. The highest BCUT2D eigenvalue weighted by Crippen LogP contribution is 2.30. The van der Waals surface area contributed by atoms with E-state index < -0.39 is 0 Å². The number of carbonyl (C=O) groups is 1. The Kier molecular flexibility index (Phi) is 5.76. The van der Waals surface area contributed by atoms with Crippen LogP contribution in [0.4, 0.5) is 0 Å². The molecule has 3 N–H and O–H groups in total. The number of amides is 1. The molecule has 1 aliphatic rings. The van der Waals surface area contributed by atoms with Crippen molar-refractivity contribution in [3.05, 3.63) is 0 Å². The van der Waals surface area contributed by atoms with Gasteiger partial charge in [0.2, 0.25) is 5.91 Å². The van der Waals surface area contributed by atoms with E-state index in [1.807, 2.05) is 13.2 Å². The Morgan fingerprint density at radius 1 is 1.65 bits per heavy atom. The molecule has 1 saturated heterocycles. The second-order valence-electron chi connectivity index (χ2n) is 4.78.